The lowest BCUT2D eigenvalue weighted by atomic mass is 9.83. The third-order valence-corrected chi connectivity index (χ3v) is 5.02. The molecule has 0 bridgehead atoms. The summed E-state index contributed by atoms with van der Waals surface area (Å²) in [7, 11) is 0. The first-order valence-corrected chi connectivity index (χ1v) is 9.01. The number of nitrogens with two attached hydrogens (primary N) is 1. The highest BCUT2D eigenvalue weighted by atomic mass is 19.4. The van der Waals surface area contributed by atoms with Crippen LogP contribution < -0.4 is 15.2 Å². The van der Waals surface area contributed by atoms with Crippen molar-refractivity contribution in [1.82, 2.24) is 9.55 Å². The number of carbonyl (C=O) groups excluding carboxylic acids is 1. The van der Waals surface area contributed by atoms with Crippen molar-refractivity contribution >= 4 is 5.91 Å². The van der Waals surface area contributed by atoms with E-state index in [2.05, 4.69) is 4.98 Å². The van der Waals surface area contributed by atoms with Gasteiger partial charge in [-0.2, -0.15) is 18.2 Å². The van der Waals surface area contributed by atoms with E-state index in [0.29, 0.717) is 18.7 Å². The Bertz CT molecular complexity index is 938. The Hall–Kier alpha value is -2.78. The molecule has 2 aromatic rings. The Labute approximate surface area is 164 Å². The summed E-state index contributed by atoms with van der Waals surface area (Å²) in [5, 5.41) is 0. The van der Waals surface area contributed by atoms with Gasteiger partial charge in [-0.3, -0.25) is 9.36 Å². The predicted octanol–water partition coefficient (Wildman–Crippen LogP) is 3.36. The second kappa shape index (κ2) is 7.23. The first-order valence-electron chi connectivity index (χ1n) is 9.01. The highest BCUT2D eigenvalue weighted by Gasteiger charge is 2.49. The fourth-order valence-electron chi connectivity index (χ4n) is 3.21. The molecule has 2 N–H and O–H groups in total. The van der Waals surface area contributed by atoms with Crippen LogP contribution in [0.2, 0.25) is 0 Å². The maximum absolute atomic E-state index is 14.3. The number of benzene rings is 1. The van der Waals surface area contributed by atoms with E-state index in [1.807, 2.05) is 6.92 Å². The quantitative estimate of drug-likeness (QED) is 0.734. The molecule has 0 radical (unpaired) electrons. The van der Waals surface area contributed by atoms with Gasteiger partial charge in [-0.05, 0) is 26.3 Å². The zero-order chi connectivity index (χ0) is 21.6. The molecule has 1 amide bonds. The lowest BCUT2D eigenvalue weighted by Crippen LogP contribution is -2.37. The van der Waals surface area contributed by atoms with Gasteiger partial charge in [-0.25, -0.2) is 4.39 Å². The molecule has 158 valence electrons. The lowest BCUT2D eigenvalue weighted by Gasteiger charge is -2.28. The Balaban J connectivity index is 1.68. The number of hydrogen-bond acceptors (Lipinski definition) is 4. The third kappa shape index (κ3) is 3.75. The van der Waals surface area contributed by atoms with Crippen LogP contribution in [0.3, 0.4) is 0 Å². The van der Waals surface area contributed by atoms with Crippen molar-refractivity contribution in [2.45, 2.75) is 51.4 Å². The molecule has 1 atom stereocenters. The molecule has 29 heavy (non-hydrogen) atoms. The molecule has 1 aromatic heterocycles. The van der Waals surface area contributed by atoms with Crippen LogP contribution in [0.25, 0.3) is 0 Å². The number of hydrogen-bond donors (Lipinski definition) is 1. The molecule has 6 nitrogen and oxygen atoms in total. The summed E-state index contributed by atoms with van der Waals surface area (Å²) < 4.78 is 66.6. The van der Waals surface area contributed by atoms with Crippen molar-refractivity contribution in [3.8, 4) is 11.8 Å². The van der Waals surface area contributed by atoms with Crippen LogP contribution >= 0.6 is 0 Å². The van der Waals surface area contributed by atoms with E-state index in [1.54, 1.807) is 4.57 Å². The smallest absolute Gasteiger partial charge is 0.398 e. The van der Waals surface area contributed by atoms with Crippen LogP contribution in [-0.4, -0.2) is 34.3 Å². The Kier molecular flexibility index (Phi) is 5.22. The molecule has 1 aliphatic heterocycles. The predicted molar refractivity (Wildman–Crippen MR) is 95.5 cm³/mol. The number of halogens is 4. The molecule has 1 aromatic carbocycles. The maximum Gasteiger partial charge on any atom is 0.398 e. The van der Waals surface area contributed by atoms with E-state index in [1.165, 1.54) is 6.07 Å². The summed E-state index contributed by atoms with van der Waals surface area (Å²) in [6.45, 7) is 4.09. The molecule has 0 unspecified atom stereocenters. The van der Waals surface area contributed by atoms with E-state index in [0.717, 1.165) is 26.0 Å². The summed E-state index contributed by atoms with van der Waals surface area (Å²) in [5.41, 5.74) is 3.33. The first kappa shape index (κ1) is 20.9. The van der Waals surface area contributed by atoms with Crippen molar-refractivity contribution in [3.05, 3.63) is 41.0 Å². The van der Waals surface area contributed by atoms with Gasteiger partial charge < -0.3 is 15.2 Å². The SMILES string of the molecule is CCc1c(C(N)=O)nc2n1C[C@@H](COc1ccc(C(C)(C)C(F)(F)F)c(F)c1)O2. The van der Waals surface area contributed by atoms with Crippen LogP contribution in [0.1, 0.15) is 42.5 Å². The zero-order valence-electron chi connectivity index (χ0n) is 16.1. The minimum absolute atomic E-state index is 0.0276. The molecular weight excluding hydrogens is 394 g/mol. The highest BCUT2D eigenvalue weighted by molar-refractivity contribution is 5.92. The molecule has 0 fully saturated rings. The zero-order valence-corrected chi connectivity index (χ0v) is 16.1. The number of carbonyl (C=O) groups is 1. The van der Waals surface area contributed by atoms with Gasteiger partial charge in [0.2, 0.25) is 0 Å². The van der Waals surface area contributed by atoms with Crippen molar-refractivity contribution in [2.24, 2.45) is 5.73 Å². The number of imidazole rings is 1. The summed E-state index contributed by atoms with van der Waals surface area (Å²) >= 11 is 0. The second-order valence-corrected chi connectivity index (χ2v) is 7.33. The van der Waals surface area contributed by atoms with E-state index in [4.69, 9.17) is 15.2 Å². The van der Waals surface area contributed by atoms with Crippen LogP contribution in [0.5, 0.6) is 11.8 Å². The van der Waals surface area contributed by atoms with Crippen LogP contribution in [0.4, 0.5) is 17.6 Å². The summed E-state index contributed by atoms with van der Waals surface area (Å²) in [6.07, 6.45) is -4.50. The van der Waals surface area contributed by atoms with Gasteiger partial charge in [0.15, 0.2) is 11.8 Å². The summed E-state index contributed by atoms with van der Waals surface area (Å²) in [4.78, 5) is 15.5. The second-order valence-electron chi connectivity index (χ2n) is 7.33. The van der Waals surface area contributed by atoms with E-state index in [9.17, 15) is 22.4 Å². The average molecular weight is 415 g/mol. The van der Waals surface area contributed by atoms with Gasteiger partial charge in [0, 0.05) is 11.6 Å². The molecule has 0 spiro atoms. The standard InChI is InChI=1S/C19H21F4N3O3/c1-4-14-15(16(24)27)25-17-26(14)8-11(29-17)9-28-10-5-6-12(13(20)7-10)18(2,3)19(21,22)23/h5-7,11H,4,8-9H2,1-3H3,(H2,24,27)/t11-/m0/s1. The molecule has 1 aliphatic rings. The van der Waals surface area contributed by atoms with Crippen molar-refractivity contribution < 1.29 is 31.8 Å². The third-order valence-electron chi connectivity index (χ3n) is 5.02. The van der Waals surface area contributed by atoms with E-state index in [-0.39, 0.29) is 24.1 Å². The van der Waals surface area contributed by atoms with E-state index < -0.39 is 35.0 Å². The number of aromatic nitrogens is 2. The van der Waals surface area contributed by atoms with Gasteiger partial charge in [0.05, 0.1) is 17.7 Å². The number of rotatable bonds is 6. The number of fused-ring (bicyclic) bond motifs is 1. The topological polar surface area (TPSA) is 79.4 Å². The van der Waals surface area contributed by atoms with Crippen molar-refractivity contribution in [3.63, 3.8) is 0 Å². The Morgan fingerprint density at radius 1 is 1.38 bits per heavy atom. The average Bonchev–Trinajstić information content (AvgIpc) is 3.15. The van der Waals surface area contributed by atoms with Crippen molar-refractivity contribution in [2.75, 3.05) is 6.61 Å². The summed E-state index contributed by atoms with van der Waals surface area (Å²) in [5.74, 6) is -1.55. The number of nitrogens with zero attached hydrogens (tertiary/aromatic N) is 2. The minimum atomic E-state index is -4.59. The fraction of sp³-hybridized carbons (Fsp3) is 0.474. The highest BCUT2D eigenvalue weighted by Crippen LogP contribution is 2.42. The maximum atomic E-state index is 14.3. The van der Waals surface area contributed by atoms with Gasteiger partial charge in [-0.15, -0.1) is 0 Å². The van der Waals surface area contributed by atoms with E-state index >= 15 is 0 Å². The molecule has 0 saturated heterocycles. The molecular formula is C19H21F4N3O3. The van der Waals surface area contributed by atoms with Gasteiger partial charge in [-0.1, -0.05) is 13.0 Å². The van der Waals surface area contributed by atoms with Crippen molar-refractivity contribution in [1.29, 1.82) is 0 Å². The van der Waals surface area contributed by atoms with Gasteiger partial charge in [0.1, 0.15) is 18.2 Å². The first-order chi connectivity index (χ1) is 13.5. The fourth-order valence-corrected chi connectivity index (χ4v) is 3.21. The molecule has 0 aliphatic carbocycles. The van der Waals surface area contributed by atoms with Gasteiger partial charge in [0.25, 0.3) is 11.9 Å². The molecule has 10 heteroatoms. The lowest BCUT2D eigenvalue weighted by molar-refractivity contribution is -0.180. The van der Waals surface area contributed by atoms with Crippen LogP contribution in [-0.2, 0) is 18.4 Å². The Morgan fingerprint density at radius 2 is 2.07 bits per heavy atom. The number of amides is 1. The molecule has 2 heterocycles. The largest absolute Gasteiger partial charge is 0.490 e. The Morgan fingerprint density at radius 3 is 2.62 bits per heavy atom. The normalized spacial score (nSPS) is 16.4. The molecule has 0 saturated carbocycles. The number of ether oxygens (including phenoxy) is 2. The summed E-state index contributed by atoms with van der Waals surface area (Å²) in [6, 6.07) is 3.55. The van der Waals surface area contributed by atoms with Crippen LogP contribution in [0, 0.1) is 5.82 Å². The monoisotopic (exact) mass is 415 g/mol. The number of alkyl halides is 3. The minimum Gasteiger partial charge on any atom is -0.490 e. The number of primary amides is 1. The van der Waals surface area contributed by atoms with Gasteiger partial charge >= 0.3 is 6.18 Å². The van der Waals surface area contributed by atoms with Crippen LogP contribution in [0.15, 0.2) is 18.2 Å². The molecule has 3 rings (SSSR count).